The molecule has 0 unspecified atom stereocenters. The van der Waals surface area contributed by atoms with Gasteiger partial charge in [-0.15, -0.1) is 0 Å². The minimum Gasteiger partial charge on any atom is -0.493 e. The van der Waals surface area contributed by atoms with Gasteiger partial charge in [-0.1, -0.05) is 31.4 Å². The molecule has 1 aromatic heterocycles. The van der Waals surface area contributed by atoms with E-state index in [-0.39, 0.29) is 5.43 Å². The van der Waals surface area contributed by atoms with E-state index < -0.39 is 0 Å². The van der Waals surface area contributed by atoms with Gasteiger partial charge >= 0.3 is 0 Å². The Morgan fingerprint density at radius 1 is 0.929 bits per heavy atom. The first-order valence-corrected chi connectivity index (χ1v) is 10.6. The van der Waals surface area contributed by atoms with Crippen LogP contribution in [0.15, 0.2) is 51.7 Å². The zero-order chi connectivity index (χ0) is 19.2. The Labute approximate surface area is 165 Å². The maximum Gasteiger partial charge on any atom is 0.200 e. The number of benzene rings is 2. The fourth-order valence-corrected chi connectivity index (χ4v) is 4.08. The van der Waals surface area contributed by atoms with Gasteiger partial charge in [0.15, 0.2) is 0 Å². The minimum atomic E-state index is 0.00821. The van der Waals surface area contributed by atoms with Crippen LogP contribution in [-0.4, -0.2) is 19.2 Å². The molecule has 1 aliphatic carbocycles. The molecule has 0 atom stereocenters. The molecule has 2 aromatic carbocycles. The predicted molar refractivity (Wildman–Crippen MR) is 114 cm³/mol. The molecule has 0 spiro atoms. The number of nitrogens with one attached hydrogen (secondary N) is 1. The van der Waals surface area contributed by atoms with Gasteiger partial charge in [-0.2, -0.15) is 0 Å². The second-order valence-electron chi connectivity index (χ2n) is 7.78. The highest BCUT2D eigenvalue weighted by atomic mass is 16.5. The lowest BCUT2D eigenvalue weighted by Gasteiger charge is -2.22. The SMILES string of the molecule is O=c1c2ccccc2oc2cc(OCCCCCNC3CCCCC3)ccc12. The number of ether oxygens (including phenoxy) is 1. The second kappa shape index (κ2) is 9.24. The van der Waals surface area contributed by atoms with Gasteiger partial charge in [0, 0.05) is 12.1 Å². The third-order valence-corrected chi connectivity index (χ3v) is 5.68. The zero-order valence-corrected chi connectivity index (χ0v) is 16.4. The van der Waals surface area contributed by atoms with Gasteiger partial charge in [-0.25, -0.2) is 0 Å². The van der Waals surface area contributed by atoms with Crippen LogP contribution in [0.25, 0.3) is 21.9 Å². The highest BCUT2D eigenvalue weighted by Crippen LogP contribution is 2.23. The van der Waals surface area contributed by atoms with Crippen molar-refractivity contribution in [2.45, 2.75) is 57.4 Å². The molecule has 1 aliphatic rings. The normalized spacial score (nSPS) is 15.3. The highest BCUT2D eigenvalue weighted by molar-refractivity contribution is 5.90. The number of para-hydroxylation sites is 1. The van der Waals surface area contributed by atoms with E-state index in [0.717, 1.165) is 31.2 Å². The summed E-state index contributed by atoms with van der Waals surface area (Å²) in [7, 11) is 0. The lowest BCUT2D eigenvalue weighted by Crippen LogP contribution is -2.31. The smallest absolute Gasteiger partial charge is 0.200 e. The van der Waals surface area contributed by atoms with Crippen molar-refractivity contribution in [3.05, 3.63) is 52.7 Å². The molecule has 1 saturated carbocycles. The molecule has 1 N–H and O–H groups in total. The van der Waals surface area contributed by atoms with Crippen LogP contribution < -0.4 is 15.5 Å². The highest BCUT2D eigenvalue weighted by Gasteiger charge is 2.11. The summed E-state index contributed by atoms with van der Waals surface area (Å²) in [5, 5.41) is 4.90. The zero-order valence-electron chi connectivity index (χ0n) is 16.4. The van der Waals surface area contributed by atoms with E-state index in [9.17, 15) is 4.79 Å². The Bertz CT molecular complexity index is 972. The summed E-state index contributed by atoms with van der Waals surface area (Å²) in [5.41, 5.74) is 1.20. The van der Waals surface area contributed by atoms with Crippen LogP contribution in [0, 0.1) is 0 Å². The second-order valence-corrected chi connectivity index (χ2v) is 7.78. The fraction of sp³-hybridized carbons (Fsp3) is 0.458. The molecular weight excluding hydrogens is 350 g/mol. The molecular formula is C24H29NO3. The third-order valence-electron chi connectivity index (χ3n) is 5.68. The molecule has 0 bridgehead atoms. The van der Waals surface area contributed by atoms with Crippen LogP contribution in [0.3, 0.4) is 0 Å². The average molecular weight is 380 g/mol. The molecule has 148 valence electrons. The standard InChI is InChI=1S/C24H29NO3/c26-24-20-11-5-6-12-22(20)28-23-17-19(13-14-21(23)24)27-16-8-2-7-15-25-18-9-3-1-4-10-18/h5-6,11-14,17-18,25H,1-4,7-10,15-16H2. The van der Waals surface area contributed by atoms with Crippen LogP contribution in [0.5, 0.6) is 5.75 Å². The molecule has 0 saturated heterocycles. The molecule has 0 aliphatic heterocycles. The van der Waals surface area contributed by atoms with Crippen molar-refractivity contribution in [1.82, 2.24) is 5.32 Å². The topological polar surface area (TPSA) is 51.5 Å². The lowest BCUT2D eigenvalue weighted by molar-refractivity contribution is 0.303. The van der Waals surface area contributed by atoms with E-state index in [2.05, 4.69) is 5.32 Å². The Balaban J connectivity index is 1.26. The first-order chi connectivity index (χ1) is 13.8. The number of rotatable bonds is 8. The first kappa shape index (κ1) is 19.0. The van der Waals surface area contributed by atoms with Crippen molar-refractivity contribution in [3.8, 4) is 5.75 Å². The van der Waals surface area contributed by atoms with Gasteiger partial charge in [0.25, 0.3) is 0 Å². The van der Waals surface area contributed by atoms with Crippen LogP contribution in [0.2, 0.25) is 0 Å². The van der Waals surface area contributed by atoms with Crippen molar-refractivity contribution >= 4 is 21.9 Å². The summed E-state index contributed by atoms with van der Waals surface area (Å²) in [5.74, 6) is 0.756. The van der Waals surface area contributed by atoms with E-state index in [1.807, 2.05) is 30.3 Å². The lowest BCUT2D eigenvalue weighted by atomic mass is 9.95. The predicted octanol–water partition coefficient (Wildman–Crippen LogP) is 5.42. The monoisotopic (exact) mass is 379 g/mol. The fourth-order valence-electron chi connectivity index (χ4n) is 4.08. The van der Waals surface area contributed by atoms with E-state index in [0.29, 0.717) is 28.5 Å². The summed E-state index contributed by atoms with van der Waals surface area (Å²) >= 11 is 0. The summed E-state index contributed by atoms with van der Waals surface area (Å²) in [4.78, 5) is 12.6. The number of unbranched alkanes of at least 4 members (excludes halogenated alkanes) is 2. The third kappa shape index (κ3) is 4.56. The average Bonchev–Trinajstić information content (AvgIpc) is 2.74. The number of hydrogen-bond donors (Lipinski definition) is 1. The molecule has 4 rings (SSSR count). The Hall–Kier alpha value is -2.33. The number of fused-ring (bicyclic) bond motifs is 2. The molecule has 1 heterocycles. The summed E-state index contributed by atoms with van der Waals surface area (Å²) < 4.78 is 11.8. The number of hydrogen-bond acceptors (Lipinski definition) is 4. The summed E-state index contributed by atoms with van der Waals surface area (Å²) in [6.07, 6.45) is 10.2. The Kier molecular flexibility index (Phi) is 6.27. The molecule has 0 radical (unpaired) electrons. The minimum absolute atomic E-state index is 0.00821. The Morgan fingerprint density at radius 3 is 2.64 bits per heavy atom. The van der Waals surface area contributed by atoms with E-state index >= 15 is 0 Å². The van der Waals surface area contributed by atoms with Gasteiger partial charge in [-0.3, -0.25) is 4.79 Å². The molecule has 28 heavy (non-hydrogen) atoms. The molecule has 0 amide bonds. The van der Waals surface area contributed by atoms with Crippen LogP contribution in [0.4, 0.5) is 0 Å². The van der Waals surface area contributed by atoms with Crippen molar-refractivity contribution in [2.75, 3.05) is 13.2 Å². The first-order valence-electron chi connectivity index (χ1n) is 10.6. The van der Waals surface area contributed by atoms with E-state index in [4.69, 9.17) is 9.15 Å². The maximum atomic E-state index is 12.6. The summed E-state index contributed by atoms with van der Waals surface area (Å²) in [6.45, 7) is 1.80. The molecule has 1 fully saturated rings. The molecule has 4 nitrogen and oxygen atoms in total. The van der Waals surface area contributed by atoms with Crippen LogP contribution in [-0.2, 0) is 0 Å². The van der Waals surface area contributed by atoms with E-state index in [1.54, 1.807) is 12.1 Å². The van der Waals surface area contributed by atoms with Gasteiger partial charge in [-0.05, 0) is 62.9 Å². The quantitative estimate of drug-likeness (QED) is 0.419. The summed E-state index contributed by atoms with van der Waals surface area (Å²) in [6, 6.07) is 13.6. The van der Waals surface area contributed by atoms with Crippen molar-refractivity contribution < 1.29 is 9.15 Å². The largest absolute Gasteiger partial charge is 0.493 e. The van der Waals surface area contributed by atoms with Crippen LogP contribution in [0.1, 0.15) is 51.4 Å². The van der Waals surface area contributed by atoms with Gasteiger partial charge < -0.3 is 14.5 Å². The maximum absolute atomic E-state index is 12.6. The van der Waals surface area contributed by atoms with Crippen molar-refractivity contribution in [2.24, 2.45) is 0 Å². The van der Waals surface area contributed by atoms with Crippen molar-refractivity contribution in [1.29, 1.82) is 0 Å². The van der Waals surface area contributed by atoms with Gasteiger partial charge in [0.1, 0.15) is 16.9 Å². The van der Waals surface area contributed by atoms with Crippen LogP contribution >= 0.6 is 0 Å². The Morgan fingerprint density at radius 2 is 1.75 bits per heavy atom. The molecule has 3 aromatic rings. The van der Waals surface area contributed by atoms with Crippen molar-refractivity contribution in [3.63, 3.8) is 0 Å². The van der Waals surface area contributed by atoms with E-state index in [1.165, 1.54) is 38.5 Å². The molecule has 4 heteroatoms. The van der Waals surface area contributed by atoms with Gasteiger partial charge in [0.2, 0.25) is 5.43 Å². The van der Waals surface area contributed by atoms with Gasteiger partial charge in [0.05, 0.1) is 17.4 Å².